The number of sulfone groups is 1. The molecule has 1 aromatic carbocycles. The maximum atomic E-state index is 12.2. The molecule has 0 bridgehead atoms. The number of aromatic carboxylic acids is 1. The van der Waals surface area contributed by atoms with Gasteiger partial charge in [-0.1, -0.05) is 22.0 Å². The van der Waals surface area contributed by atoms with Crippen LogP contribution in [0.25, 0.3) is 0 Å². The zero-order valence-electron chi connectivity index (χ0n) is 10.2. The highest BCUT2D eigenvalue weighted by Crippen LogP contribution is 2.19. The van der Waals surface area contributed by atoms with Crippen LogP contribution in [0.1, 0.15) is 16.1 Å². The van der Waals surface area contributed by atoms with E-state index in [1.54, 1.807) is 12.1 Å². The van der Waals surface area contributed by atoms with E-state index in [2.05, 4.69) is 20.9 Å². The van der Waals surface area contributed by atoms with Gasteiger partial charge in [0.25, 0.3) is 0 Å². The van der Waals surface area contributed by atoms with E-state index in [9.17, 15) is 13.2 Å². The van der Waals surface area contributed by atoms with Crippen molar-refractivity contribution in [3.63, 3.8) is 0 Å². The molecular weight excluding hydrogens is 346 g/mol. The summed E-state index contributed by atoms with van der Waals surface area (Å²) in [5, 5.41) is 8.75. The van der Waals surface area contributed by atoms with Crippen LogP contribution in [0.15, 0.2) is 52.0 Å². The smallest absolute Gasteiger partial charge is 0.337 e. The second-order valence-corrected chi connectivity index (χ2v) is 6.97. The third-order valence-corrected chi connectivity index (χ3v) is 4.71. The molecule has 5 nitrogen and oxygen atoms in total. The summed E-state index contributed by atoms with van der Waals surface area (Å²) in [5.41, 5.74) is 0.323. The number of aromatic nitrogens is 1. The van der Waals surface area contributed by atoms with Crippen LogP contribution in [0.3, 0.4) is 0 Å². The quantitative estimate of drug-likeness (QED) is 0.910. The molecule has 0 saturated carbocycles. The Morgan fingerprint density at radius 1 is 1.25 bits per heavy atom. The molecule has 0 aliphatic carbocycles. The molecule has 0 spiro atoms. The fraction of sp³-hybridized carbons (Fsp3) is 0.0769. The summed E-state index contributed by atoms with van der Waals surface area (Å²) in [6.45, 7) is 0. The first-order valence-electron chi connectivity index (χ1n) is 5.55. The van der Waals surface area contributed by atoms with Crippen molar-refractivity contribution in [3.05, 3.63) is 58.3 Å². The van der Waals surface area contributed by atoms with Gasteiger partial charge in [0.2, 0.25) is 0 Å². The second kappa shape index (κ2) is 5.72. The predicted molar refractivity (Wildman–Crippen MR) is 76.2 cm³/mol. The van der Waals surface area contributed by atoms with Crippen LogP contribution >= 0.6 is 15.9 Å². The topological polar surface area (TPSA) is 84.3 Å². The molecular formula is C13H10BrNO4S. The van der Waals surface area contributed by atoms with Crippen molar-refractivity contribution >= 4 is 31.7 Å². The van der Waals surface area contributed by atoms with Gasteiger partial charge in [-0.3, -0.25) is 4.98 Å². The van der Waals surface area contributed by atoms with Gasteiger partial charge in [-0.15, -0.1) is 0 Å². The third-order valence-electron chi connectivity index (χ3n) is 2.56. The largest absolute Gasteiger partial charge is 0.478 e. The number of rotatable bonds is 4. The van der Waals surface area contributed by atoms with Crippen LogP contribution in [-0.2, 0) is 15.6 Å². The Kier molecular flexibility index (Phi) is 4.20. The van der Waals surface area contributed by atoms with Crippen molar-refractivity contribution in [3.8, 4) is 0 Å². The van der Waals surface area contributed by atoms with Crippen molar-refractivity contribution in [1.82, 2.24) is 4.98 Å². The van der Waals surface area contributed by atoms with Gasteiger partial charge in [0, 0.05) is 10.7 Å². The Morgan fingerprint density at radius 3 is 2.55 bits per heavy atom. The Hall–Kier alpha value is -1.73. The minimum atomic E-state index is -3.51. The van der Waals surface area contributed by atoms with E-state index in [1.807, 2.05) is 0 Å². The van der Waals surface area contributed by atoms with Gasteiger partial charge in [0.1, 0.15) is 0 Å². The van der Waals surface area contributed by atoms with Crippen LogP contribution in [0, 0.1) is 0 Å². The summed E-state index contributed by atoms with van der Waals surface area (Å²) in [7, 11) is -3.51. The van der Waals surface area contributed by atoms with Gasteiger partial charge in [-0.05, 0) is 30.3 Å². The van der Waals surface area contributed by atoms with Crippen LogP contribution in [0.5, 0.6) is 0 Å². The fourth-order valence-electron chi connectivity index (χ4n) is 1.57. The molecule has 0 unspecified atom stereocenters. The molecule has 0 saturated heterocycles. The second-order valence-electron chi connectivity index (χ2n) is 4.06. The molecule has 1 heterocycles. The lowest BCUT2D eigenvalue weighted by molar-refractivity contribution is 0.0696. The van der Waals surface area contributed by atoms with Crippen molar-refractivity contribution in [1.29, 1.82) is 0 Å². The van der Waals surface area contributed by atoms with Gasteiger partial charge < -0.3 is 5.11 Å². The lowest BCUT2D eigenvalue weighted by Gasteiger charge is -2.05. The molecule has 0 fully saturated rings. The molecule has 7 heteroatoms. The Morgan fingerprint density at radius 2 is 2.00 bits per heavy atom. The molecule has 0 atom stereocenters. The van der Waals surface area contributed by atoms with Gasteiger partial charge in [-0.2, -0.15) is 0 Å². The van der Waals surface area contributed by atoms with E-state index in [4.69, 9.17) is 5.11 Å². The van der Waals surface area contributed by atoms with Crippen LogP contribution in [0.4, 0.5) is 0 Å². The van der Waals surface area contributed by atoms with E-state index in [1.165, 1.54) is 24.3 Å². The van der Waals surface area contributed by atoms with E-state index in [-0.39, 0.29) is 16.2 Å². The van der Waals surface area contributed by atoms with Crippen LogP contribution in [-0.4, -0.2) is 24.5 Å². The first-order valence-corrected chi connectivity index (χ1v) is 7.99. The Bertz CT molecular complexity index is 741. The summed E-state index contributed by atoms with van der Waals surface area (Å²) in [6.07, 6.45) is 1.15. The summed E-state index contributed by atoms with van der Waals surface area (Å²) >= 11 is 3.22. The van der Waals surface area contributed by atoms with Crippen LogP contribution < -0.4 is 0 Å². The fourth-order valence-corrected chi connectivity index (χ4v) is 3.44. The monoisotopic (exact) mass is 355 g/mol. The molecule has 104 valence electrons. The number of hydrogen-bond acceptors (Lipinski definition) is 4. The number of halogens is 1. The zero-order valence-corrected chi connectivity index (χ0v) is 12.6. The third kappa shape index (κ3) is 3.43. The first-order chi connectivity index (χ1) is 9.38. The maximum Gasteiger partial charge on any atom is 0.337 e. The van der Waals surface area contributed by atoms with Gasteiger partial charge in [-0.25, -0.2) is 13.2 Å². The minimum Gasteiger partial charge on any atom is -0.478 e. The highest BCUT2D eigenvalue weighted by atomic mass is 79.9. The molecule has 0 aliphatic rings. The van der Waals surface area contributed by atoms with Gasteiger partial charge in [0.15, 0.2) is 9.84 Å². The number of carbonyl (C=O) groups is 1. The molecule has 0 aliphatic heterocycles. The average Bonchev–Trinajstić information content (AvgIpc) is 2.39. The van der Waals surface area contributed by atoms with Crippen molar-refractivity contribution in [2.75, 3.05) is 0 Å². The molecule has 1 N–H and O–H groups in total. The SMILES string of the molecule is O=C(O)c1ccc(CS(=O)(=O)c2cccc(Br)c2)nc1. The molecule has 20 heavy (non-hydrogen) atoms. The van der Waals surface area contributed by atoms with Crippen molar-refractivity contribution in [2.45, 2.75) is 10.6 Å². The van der Waals surface area contributed by atoms with Gasteiger partial charge >= 0.3 is 5.97 Å². The normalized spacial score (nSPS) is 11.2. The summed E-state index contributed by atoms with van der Waals surface area (Å²) in [6, 6.07) is 9.13. The maximum absolute atomic E-state index is 12.2. The lowest BCUT2D eigenvalue weighted by Crippen LogP contribution is -2.07. The lowest BCUT2D eigenvalue weighted by atomic mass is 10.2. The number of carboxylic acids is 1. The van der Waals surface area contributed by atoms with E-state index < -0.39 is 15.8 Å². The van der Waals surface area contributed by atoms with E-state index in [0.717, 1.165) is 6.20 Å². The predicted octanol–water partition coefficient (Wildman–Crippen LogP) is 2.52. The molecule has 2 rings (SSSR count). The Balaban J connectivity index is 2.26. The summed E-state index contributed by atoms with van der Waals surface area (Å²) in [5.74, 6) is -1.37. The first kappa shape index (κ1) is 14.7. The molecule has 1 aromatic heterocycles. The molecule has 2 aromatic rings. The molecule has 0 amide bonds. The highest BCUT2D eigenvalue weighted by Gasteiger charge is 2.16. The van der Waals surface area contributed by atoms with Crippen LogP contribution in [0.2, 0.25) is 0 Å². The van der Waals surface area contributed by atoms with Gasteiger partial charge in [0.05, 0.1) is 21.9 Å². The summed E-state index contributed by atoms with van der Waals surface area (Å²) < 4.78 is 25.1. The molecule has 0 radical (unpaired) electrons. The number of pyridine rings is 1. The van der Waals surface area contributed by atoms with Crippen molar-refractivity contribution in [2.24, 2.45) is 0 Å². The zero-order chi connectivity index (χ0) is 14.8. The number of hydrogen-bond donors (Lipinski definition) is 1. The van der Waals surface area contributed by atoms with E-state index in [0.29, 0.717) is 10.2 Å². The number of benzene rings is 1. The average molecular weight is 356 g/mol. The standard InChI is InChI=1S/C13H10BrNO4S/c14-10-2-1-3-12(6-10)20(18,19)8-11-5-4-9(7-15-11)13(16)17/h1-7H,8H2,(H,16,17). The van der Waals surface area contributed by atoms with Crippen molar-refractivity contribution < 1.29 is 18.3 Å². The highest BCUT2D eigenvalue weighted by molar-refractivity contribution is 9.10. The summed E-state index contributed by atoms with van der Waals surface area (Å²) in [4.78, 5) is 14.7. The number of carboxylic acid groups (broad SMARTS) is 1. The Labute approximate surface area is 124 Å². The minimum absolute atomic E-state index is 0.0219. The number of nitrogens with zero attached hydrogens (tertiary/aromatic N) is 1. The van der Waals surface area contributed by atoms with E-state index >= 15 is 0 Å².